The number of aryl methyl sites for hydroxylation is 1. The second-order valence-electron chi connectivity index (χ2n) is 8.39. The molecule has 0 saturated carbocycles. The fourth-order valence-electron chi connectivity index (χ4n) is 4.10. The molecule has 1 aromatic heterocycles. The largest absolute Gasteiger partial charge is 0.366 e. The standard InChI is InChI=1S/C28H29N5O2/c1-2-20-15-19(17-29)5-12-24(20)28(35)33-25(27-31-13-14-32-27)16-18-3-6-21(7-4-18)22-8-10-23(11-9-22)26(30)34/h3-15,25H,2,16-17,29H2,1H3,(H2,30,34)(H,31,32)(H,33,35)/t25-/m0/s1. The number of primary amides is 1. The molecule has 0 bridgehead atoms. The number of amides is 2. The van der Waals surface area contributed by atoms with Crippen molar-refractivity contribution in [1.29, 1.82) is 0 Å². The summed E-state index contributed by atoms with van der Waals surface area (Å²) in [5.41, 5.74) is 17.3. The van der Waals surface area contributed by atoms with E-state index in [-0.39, 0.29) is 11.9 Å². The number of nitrogens with one attached hydrogen (secondary N) is 2. The highest BCUT2D eigenvalue weighted by molar-refractivity contribution is 5.96. The molecule has 0 aliphatic heterocycles. The molecule has 6 N–H and O–H groups in total. The fourth-order valence-corrected chi connectivity index (χ4v) is 4.10. The van der Waals surface area contributed by atoms with Gasteiger partial charge in [0, 0.05) is 30.1 Å². The number of carbonyl (C=O) groups excluding carboxylic acids is 2. The van der Waals surface area contributed by atoms with Crippen LogP contribution in [-0.2, 0) is 19.4 Å². The van der Waals surface area contributed by atoms with Crippen LogP contribution in [0.3, 0.4) is 0 Å². The van der Waals surface area contributed by atoms with Crippen LogP contribution in [0.5, 0.6) is 0 Å². The van der Waals surface area contributed by atoms with Gasteiger partial charge in [0.2, 0.25) is 5.91 Å². The number of hydrogen-bond donors (Lipinski definition) is 4. The average molecular weight is 468 g/mol. The topological polar surface area (TPSA) is 127 Å². The van der Waals surface area contributed by atoms with Gasteiger partial charge in [-0.1, -0.05) is 55.5 Å². The molecule has 1 heterocycles. The van der Waals surface area contributed by atoms with Gasteiger partial charge >= 0.3 is 0 Å². The minimum atomic E-state index is -0.445. The van der Waals surface area contributed by atoms with E-state index in [4.69, 9.17) is 11.5 Å². The molecule has 7 nitrogen and oxygen atoms in total. The van der Waals surface area contributed by atoms with Crippen molar-refractivity contribution in [3.8, 4) is 11.1 Å². The smallest absolute Gasteiger partial charge is 0.252 e. The summed E-state index contributed by atoms with van der Waals surface area (Å²) in [6.45, 7) is 2.47. The van der Waals surface area contributed by atoms with Crippen LogP contribution >= 0.6 is 0 Å². The number of H-pyrrole nitrogens is 1. The molecular formula is C28H29N5O2. The van der Waals surface area contributed by atoms with Gasteiger partial charge < -0.3 is 21.8 Å². The fraction of sp³-hybridized carbons (Fsp3) is 0.179. The molecule has 0 saturated heterocycles. The van der Waals surface area contributed by atoms with Gasteiger partial charge in [-0.3, -0.25) is 9.59 Å². The molecule has 3 aromatic carbocycles. The van der Waals surface area contributed by atoms with Crippen molar-refractivity contribution in [2.45, 2.75) is 32.4 Å². The predicted octanol–water partition coefficient (Wildman–Crippen LogP) is 3.91. The van der Waals surface area contributed by atoms with Crippen LogP contribution in [0.4, 0.5) is 0 Å². The normalized spacial score (nSPS) is 11.7. The van der Waals surface area contributed by atoms with Crippen molar-refractivity contribution >= 4 is 11.8 Å². The zero-order valence-electron chi connectivity index (χ0n) is 19.6. The summed E-state index contributed by atoms with van der Waals surface area (Å²) in [6.07, 6.45) is 4.74. The number of nitrogens with two attached hydrogens (primary N) is 2. The van der Waals surface area contributed by atoms with E-state index in [2.05, 4.69) is 15.3 Å². The first kappa shape index (κ1) is 23.9. The van der Waals surface area contributed by atoms with E-state index in [0.29, 0.717) is 29.9 Å². The summed E-state index contributed by atoms with van der Waals surface area (Å²) in [7, 11) is 0. The first-order valence-electron chi connectivity index (χ1n) is 11.6. The summed E-state index contributed by atoms with van der Waals surface area (Å²) < 4.78 is 0. The van der Waals surface area contributed by atoms with Crippen molar-refractivity contribution in [2.75, 3.05) is 0 Å². The number of nitrogens with zero attached hydrogens (tertiary/aromatic N) is 1. The van der Waals surface area contributed by atoms with Crippen LogP contribution in [0, 0.1) is 0 Å². The quantitative estimate of drug-likeness (QED) is 0.298. The van der Waals surface area contributed by atoms with E-state index in [1.165, 1.54) is 0 Å². The number of benzene rings is 3. The Morgan fingerprint density at radius 1 is 0.971 bits per heavy atom. The maximum atomic E-state index is 13.2. The molecule has 2 amide bonds. The lowest BCUT2D eigenvalue weighted by Crippen LogP contribution is -2.31. The maximum absolute atomic E-state index is 13.2. The molecule has 1 atom stereocenters. The van der Waals surface area contributed by atoms with E-state index in [1.54, 1.807) is 24.5 Å². The third-order valence-electron chi connectivity index (χ3n) is 6.08. The van der Waals surface area contributed by atoms with Crippen molar-refractivity contribution in [1.82, 2.24) is 15.3 Å². The predicted molar refractivity (Wildman–Crippen MR) is 137 cm³/mol. The van der Waals surface area contributed by atoms with Gasteiger partial charge in [-0.25, -0.2) is 4.98 Å². The van der Waals surface area contributed by atoms with Gasteiger partial charge in [0.05, 0.1) is 6.04 Å². The Kier molecular flexibility index (Phi) is 7.38. The second kappa shape index (κ2) is 10.8. The number of rotatable bonds is 9. The molecule has 0 fully saturated rings. The van der Waals surface area contributed by atoms with Crippen molar-refractivity contribution in [3.05, 3.63) is 113 Å². The highest BCUT2D eigenvalue weighted by Crippen LogP contribution is 2.23. The molecule has 0 aliphatic carbocycles. The lowest BCUT2D eigenvalue weighted by Gasteiger charge is -2.19. The summed E-state index contributed by atoms with van der Waals surface area (Å²) in [4.78, 5) is 32.0. The zero-order chi connectivity index (χ0) is 24.8. The Morgan fingerprint density at radius 2 is 1.63 bits per heavy atom. The highest BCUT2D eigenvalue weighted by Gasteiger charge is 2.20. The van der Waals surface area contributed by atoms with E-state index < -0.39 is 5.91 Å². The van der Waals surface area contributed by atoms with Gasteiger partial charge in [0.15, 0.2) is 0 Å². The Morgan fingerprint density at radius 3 is 2.20 bits per heavy atom. The molecule has 0 spiro atoms. The minimum absolute atomic E-state index is 0.141. The monoisotopic (exact) mass is 467 g/mol. The van der Waals surface area contributed by atoms with Crippen LogP contribution in [-0.4, -0.2) is 21.8 Å². The Balaban J connectivity index is 1.53. The molecular weight excluding hydrogens is 438 g/mol. The minimum Gasteiger partial charge on any atom is -0.366 e. The maximum Gasteiger partial charge on any atom is 0.252 e. The number of aromatic nitrogens is 2. The van der Waals surface area contributed by atoms with E-state index in [0.717, 1.165) is 34.2 Å². The number of carbonyl (C=O) groups is 2. The van der Waals surface area contributed by atoms with Gasteiger partial charge in [0.1, 0.15) is 5.82 Å². The van der Waals surface area contributed by atoms with Crippen LogP contribution in [0.15, 0.2) is 79.1 Å². The van der Waals surface area contributed by atoms with Crippen LogP contribution in [0.1, 0.15) is 56.2 Å². The third-order valence-corrected chi connectivity index (χ3v) is 6.08. The Labute approximate surface area is 204 Å². The highest BCUT2D eigenvalue weighted by atomic mass is 16.2. The molecule has 35 heavy (non-hydrogen) atoms. The van der Waals surface area contributed by atoms with Gasteiger partial charge in [-0.15, -0.1) is 0 Å². The molecule has 0 unspecified atom stereocenters. The first-order chi connectivity index (χ1) is 17.0. The average Bonchev–Trinajstić information content (AvgIpc) is 3.43. The lowest BCUT2D eigenvalue weighted by atomic mass is 9.98. The summed E-state index contributed by atoms with van der Waals surface area (Å²) in [5, 5.41) is 3.15. The Bertz CT molecular complexity index is 1300. The SMILES string of the molecule is CCc1cc(CN)ccc1C(=O)N[C@@H](Cc1ccc(-c2ccc(C(N)=O)cc2)cc1)c1ncc[nH]1. The Hall–Kier alpha value is -4.23. The number of hydrogen-bond acceptors (Lipinski definition) is 4. The van der Waals surface area contributed by atoms with Crippen molar-refractivity contribution in [3.63, 3.8) is 0 Å². The number of aromatic amines is 1. The summed E-state index contributed by atoms with van der Waals surface area (Å²) >= 11 is 0. The van der Waals surface area contributed by atoms with E-state index >= 15 is 0 Å². The summed E-state index contributed by atoms with van der Waals surface area (Å²) in [5.74, 6) is 0.110. The lowest BCUT2D eigenvalue weighted by molar-refractivity contribution is 0.0933. The van der Waals surface area contributed by atoms with Crippen LogP contribution in [0.25, 0.3) is 11.1 Å². The van der Waals surface area contributed by atoms with Gasteiger partial charge in [-0.2, -0.15) is 0 Å². The van der Waals surface area contributed by atoms with Gasteiger partial charge in [0.25, 0.3) is 5.91 Å². The van der Waals surface area contributed by atoms with E-state index in [1.807, 2.05) is 61.5 Å². The molecule has 7 heteroatoms. The van der Waals surface area contributed by atoms with Crippen molar-refractivity contribution in [2.24, 2.45) is 11.5 Å². The van der Waals surface area contributed by atoms with E-state index in [9.17, 15) is 9.59 Å². The van der Waals surface area contributed by atoms with Crippen molar-refractivity contribution < 1.29 is 9.59 Å². The molecule has 0 aliphatic rings. The van der Waals surface area contributed by atoms with Crippen LogP contribution < -0.4 is 16.8 Å². The number of imidazole rings is 1. The molecule has 4 rings (SSSR count). The second-order valence-corrected chi connectivity index (χ2v) is 8.39. The summed E-state index contributed by atoms with van der Waals surface area (Å²) in [6, 6.07) is 20.7. The molecule has 4 aromatic rings. The zero-order valence-corrected chi connectivity index (χ0v) is 19.6. The molecule has 178 valence electrons. The van der Waals surface area contributed by atoms with Crippen LogP contribution in [0.2, 0.25) is 0 Å². The molecule has 0 radical (unpaired) electrons. The first-order valence-corrected chi connectivity index (χ1v) is 11.6. The van der Waals surface area contributed by atoms with Gasteiger partial charge in [-0.05, 0) is 58.9 Å². The third kappa shape index (κ3) is 5.65.